The van der Waals surface area contributed by atoms with Crippen molar-refractivity contribution in [3.8, 4) is 0 Å². The van der Waals surface area contributed by atoms with Gasteiger partial charge in [0, 0.05) is 6.54 Å². The fourth-order valence-corrected chi connectivity index (χ4v) is 3.31. The average Bonchev–Trinajstić information content (AvgIpc) is 3.21. The van der Waals surface area contributed by atoms with Crippen LogP contribution in [0.2, 0.25) is 0 Å². The van der Waals surface area contributed by atoms with Gasteiger partial charge >= 0.3 is 5.97 Å². The second-order valence-corrected chi connectivity index (χ2v) is 6.35. The van der Waals surface area contributed by atoms with E-state index in [0.29, 0.717) is 24.3 Å². The molecule has 0 saturated carbocycles. The molecule has 2 amide bonds. The van der Waals surface area contributed by atoms with Crippen molar-refractivity contribution < 1.29 is 19.5 Å². The molecule has 1 saturated heterocycles. The number of carboxylic acid groups (broad SMARTS) is 1. The molecule has 1 aliphatic heterocycles. The third-order valence-electron chi connectivity index (χ3n) is 3.82. The highest BCUT2D eigenvalue weighted by molar-refractivity contribution is 7.12. The number of thiophene rings is 1. The molecule has 2 unspecified atom stereocenters. The van der Waals surface area contributed by atoms with E-state index in [0.717, 1.165) is 6.42 Å². The molecule has 0 spiro atoms. The fraction of sp³-hybridized carbons (Fsp3) is 0.438. The first kappa shape index (κ1) is 17.2. The number of amides is 2. The van der Waals surface area contributed by atoms with E-state index in [4.69, 9.17) is 0 Å². The quantitative estimate of drug-likeness (QED) is 0.745. The first-order valence-corrected chi connectivity index (χ1v) is 8.41. The summed E-state index contributed by atoms with van der Waals surface area (Å²) in [5, 5.41) is 13.5. The lowest BCUT2D eigenvalue weighted by Crippen LogP contribution is -2.50. The molecule has 0 bridgehead atoms. The van der Waals surface area contributed by atoms with E-state index in [1.54, 1.807) is 18.2 Å². The number of nitrogens with zero attached hydrogens (tertiary/aromatic N) is 1. The predicted molar refractivity (Wildman–Crippen MR) is 87.4 cm³/mol. The smallest absolute Gasteiger partial charge is 0.326 e. The summed E-state index contributed by atoms with van der Waals surface area (Å²) in [6, 6.07) is 1.96. The predicted octanol–water partition coefficient (Wildman–Crippen LogP) is 1.89. The van der Waals surface area contributed by atoms with E-state index >= 15 is 0 Å². The lowest BCUT2D eigenvalue weighted by atomic mass is 10.1. The molecule has 2 heterocycles. The third kappa shape index (κ3) is 4.19. The Morgan fingerprint density at radius 1 is 1.52 bits per heavy atom. The maximum atomic E-state index is 12.4. The summed E-state index contributed by atoms with van der Waals surface area (Å²) in [7, 11) is 0. The Bertz CT molecular complexity index is 585. The second-order valence-electron chi connectivity index (χ2n) is 5.40. The molecular formula is C16H20N2O4S. The van der Waals surface area contributed by atoms with Gasteiger partial charge in [-0.1, -0.05) is 12.1 Å². The van der Waals surface area contributed by atoms with Crippen molar-refractivity contribution in [1.82, 2.24) is 10.2 Å². The second kappa shape index (κ2) is 7.92. The minimum atomic E-state index is -1.07. The van der Waals surface area contributed by atoms with Crippen LogP contribution in [0.15, 0.2) is 30.2 Å². The number of nitrogens with one attached hydrogen (secondary N) is 1. The molecule has 2 rings (SSSR count). The zero-order valence-electron chi connectivity index (χ0n) is 12.7. The minimum absolute atomic E-state index is 0.171. The molecule has 0 aromatic carbocycles. The maximum absolute atomic E-state index is 12.4. The van der Waals surface area contributed by atoms with Crippen LogP contribution in [0, 0.1) is 0 Å². The van der Waals surface area contributed by atoms with Crippen molar-refractivity contribution in [3.63, 3.8) is 0 Å². The van der Waals surface area contributed by atoms with Gasteiger partial charge in [0.1, 0.15) is 12.1 Å². The van der Waals surface area contributed by atoms with Crippen molar-refractivity contribution in [1.29, 1.82) is 0 Å². The summed E-state index contributed by atoms with van der Waals surface area (Å²) in [4.78, 5) is 38.2. The van der Waals surface area contributed by atoms with E-state index in [2.05, 4.69) is 11.9 Å². The van der Waals surface area contributed by atoms with Crippen molar-refractivity contribution in [2.24, 2.45) is 0 Å². The third-order valence-corrected chi connectivity index (χ3v) is 4.68. The van der Waals surface area contributed by atoms with Crippen LogP contribution in [0.5, 0.6) is 0 Å². The standard InChI is InChI=1S/C16H20N2O4S/c1-2-3-6-11(16(21)22)17-14(19)12-7-4-9-18(12)15(20)13-8-5-10-23-13/h2,5,8,10-12H,1,3-4,6-7,9H2,(H,17,19)(H,21,22). The SMILES string of the molecule is C=CCCC(NC(=O)C1CCCN1C(=O)c1cccs1)C(=O)O. The van der Waals surface area contributed by atoms with Crippen molar-refractivity contribution in [2.75, 3.05) is 6.54 Å². The van der Waals surface area contributed by atoms with Crippen LogP contribution in [0.3, 0.4) is 0 Å². The normalized spacial score (nSPS) is 18.4. The van der Waals surface area contributed by atoms with Crippen LogP contribution < -0.4 is 5.32 Å². The molecule has 1 aromatic heterocycles. The van der Waals surface area contributed by atoms with Crippen molar-refractivity contribution in [2.45, 2.75) is 37.8 Å². The largest absolute Gasteiger partial charge is 0.480 e. The molecule has 124 valence electrons. The Labute approximate surface area is 138 Å². The van der Waals surface area contributed by atoms with E-state index < -0.39 is 24.0 Å². The lowest BCUT2D eigenvalue weighted by molar-refractivity contribution is -0.142. The Balaban J connectivity index is 2.03. The molecule has 1 fully saturated rings. The van der Waals surface area contributed by atoms with Gasteiger partial charge in [0.25, 0.3) is 5.91 Å². The van der Waals surface area contributed by atoms with Gasteiger partial charge in [-0.05, 0) is 37.1 Å². The highest BCUT2D eigenvalue weighted by Crippen LogP contribution is 2.22. The summed E-state index contributed by atoms with van der Waals surface area (Å²) in [6.07, 6.45) is 3.69. The van der Waals surface area contributed by atoms with Gasteiger partial charge in [0.2, 0.25) is 5.91 Å². The van der Waals surface area contributed by atoms with E-state index in [1.807, 2.05) is 5.38 Å². The van der Waals surface area contributed by atoms with E-state index in [1.165, 1.54) is 16.2 Å². The number of allylic oxidation sites excluding steroid dienone is 1. The zero-order chi connectivity index (χ0) is 16.8. The highest BCUT2D eigenvalue weighted by atomic mass is 32.1. The molecule has 0 radical (unpaired) electrons. The highest BCUT2D eigenvalue weighted by Gasteiger charge is 2.36. The lowest BCUT2D eigenvalue weighted by Gasteiger charge is -2.25. The summed E-state index contributed by atoms with van der Waals surface area (Å²) in [5.74, 6) is -1.64. The van der Waals surface area contributed by atoms with Gasteiger partial charge in [0.15, 0.2) is 0 Å². The monoisotopic (exact) mass is 336 g/mol. The number of rotatable bonds is 7. The Morgan fingerprint density at radius 2 is 2.30 bits per heavy atom. The fourth-order valence-electron chi connectivity index (χ4n) is 2.63. The van der Waals surface area contributed by atoms with E-state index in [-0.39, 0.29) is 12.3 Å². The van der Waals surface area contributed by atoms with Crippen LogP contribution in [0.4, 0.5) is 0 Å². The maximum Gasteiger partial charge on any atom is 0.326 e. The Hall–Kier alpha value is -2.15. The zero-order valence-corrected chi connectivity index (χ0v) is 13.6. The average molecular weight is 336 g/mol. The molecular weight excluding hydrogens is 316 g/mol. The summed E-state index contributed by atoms with van der Waals surface area (Å²) >= 11 is 1.33. The first-order valence-electron chi connectivity index (χ1n) is 7.53. The molecule has 2 atom stereocenters. The number of hydrogen-bond donors (Lipinski definition) is 2. The summed E-state index contributed by atoms with van der Waals surface area (Å²) in [6.45, 7) is 4.07. The van der Waals surface area contributed by atoms with Gasteiger partial charge in [-0.3, -0.25) is 9.59 Å². The van der Waals surface area contributed by atoms with Crippen LogP contribution >= 0.6 is 11.3 Å². The van der Waals surface area contributed by atoms with Crippen LogP contribution in [-0.4, -0.2) is 46.4 Å². The molecule has 0 aliphatic carbocycles. The molecule has 2 N–H and O–H groups in total. The number of aliphatic carboxylic acids is 1. The van der Waals surface area contributed by atoms with Crippen molar-refractivity contribution in [3.05, 3.63) is 35.0 Å². The molecule has 6 nitrogen and oxygen atoms in total. The van der Waals surface area contributed by atoms with Gasteiger partial charge in [-0.15, -0.1) is 17.9 Å². The van der Waals surface area contributed by atoms with Gasteiger partial charge < -0.3 is 15.3 Å². The van der Waals surface area contributed by atoms with Crippen LogP contribution in [0.25, 0.3) is 0 Å². The van der Waals surface area contributed by atoms with Crippen LogP contribution in [-0.2, 0) is 9.59 Å². The van der Waals surface area contributed by atoms with Gasteiger partial charge in [-0.2, -0.15) is 0 Å². The number of carboxylic acids is 1. The number of likely N-dealkylation sites (tertiary alicyclic amines) is 1. The van der Waals surface area contributed by atoms with Crippen LogP contribution in [0.1, 0.15) is 35.4 Å². The summed E-state index contributed by atoms with van der Waals surface area (Å²) in [5.41, 5.74) is 0. The minimum Gasteiger partial charge on any atom is -0.480 e. The number of carbonyl (C=O) groups excluding carboxylic acids is 2. The Kier molecular flexibility index (Phi) is 5.92. The van der Waals surface area contributed by atoms with Crippen molar-refractivity contribution >= 4 is 29.1 Å². The molecule has 23 heavy (non-hydrogen) atoms. The molecule has 1 aromatic rings. The first-order chi connectivity index (χ1) is 11.0. The summed E-state index contributed by atoms with van der Waals surface area (Å²) < 4.78 is 0. The van der Waals surface area contributed by atoms with Gasteiger partial charge in [0.05, 0.1) is 4.88 Å². The molecule has 1 aliphatic rings. The van der Waals surface area contributed by atoms with Gasteiger partial charge in [-0.25, -0.2) is 4.79 Å². The molecule has 7 heteroatoms. The number of hydrogen-bond acceptors (Lipinski definition) is 4. The van der Waals surface area contributed by atoms with E-state index in [9.17, 15) is 19.5 Å². The topological polar surface area (TPSA) is 86.7 Å². The Morgan fingerprint density at radius 3 is 2.91 bits per heavy atom. The number of carbonyl (C=O) groups is 3.